The van der Waals surface area contributed by atoms with Gasteiger partial charge in [0.15, 0.2) is 0 Å². The zero-order valence-electron chi connectivity index (χ0n) is 16.3. The molecular formula is C19H28N2O5S. The molecule has 1 aromatic carbocycles. The molecule has 0 aromatic heterocycles. The molecule has 2 unspecified atom stereocenters. The summed E-state index contributed by atoms with van der Waals surface area (Å²) in [6, 6.07) is 5.38. The van der Waals surface area contributed by atoms with Crippen LogP contribution in [0.2, 0.25) is 0 Å². The van der Waals surface area contributed by atoms with E-state index in [1.807, 2.05) is 32.0 Å². The lowest BCUT2D eigenvalue weighted by Crippen LogP contribution is -2.47. The summed E-state index contributed by atoms with van der Waals surface area (Å²) in [4.78, 5) is 12.9. The van der Waals surface area contributed by atoms with E-state index in [4.69, 9.17) is 9.47 Å². The Labute approximate surface area is 161 Å². The lowest BCUT2D eigenvalue weighted by Gasteiger charge is -2.39. The molecule has 2 aliphatic rings. The van der Waals surface area contributed by atoms with Gasteiger partial charge in [-0.1, -0.05) is 0 Å². The van der Waals surface area contributed by atoms with Gasteiger partial charge in [0.25, 0.3) is 0 Å². The second-order valence-electron chi connectivity index (χ2n) is 7.99. The van der Waals surface area contributed by atoms with Crippen molar-refractivity contribution >= 4 is 15.9 Å². The molecule has 2 atom stereocenters. The van der Waals surface area contributed by atoms with Gasteiger partial charge in [-0.15, -0.1) is 0 Å². The summed E-state index contributed by atoms with van der Waals surface area (Å²) < 4.78 is 36.4. The van der Waals surface area contributed by atoms with Gasteiger partial charge < -0.3 is 14.8 Å². The summed E-state index contributed by atoms with van der Waals surface area (Å²) in [5.41, 5.74) is 0.475. The number of hydrogen-bond acceptors (Lipinski definition) is 5. The average Bonchev–Trinajstić information content (AvgIpc) is 2.60. The highest BCUT2D eigenvalue weighted by molar-refractivity contribution is 7.88. The van der Waals surface area contributed by atoms with E-state index in [2.05, 4.69) is 5.32 Å². The number of piperidine rings is 1. The lowest BCUT2D eigenvalue weighted by molar-refractivity contribution is -0.127. The van der Waals surface area contributed by atoms with Crippen LogP contribution in [-0.2, 0) is 14.8 Å². The Morgan fingerprint density at radius 1 is 1.37 bits per heavy atom. The van der Waals surface area contributed by atoms with Crippen LogP contribution in [0.25, 0.3) is 0 Å². The van der Waals surface area contributed by atoms with E-state index in [1.165, 1.54) is 10.6 Å². The molecule has 1 aromatic rings. The number of nitrogens with zero attached hydrogens (tertiary/aromatic N) is 1. The van der Waals surface area contributed by atoms with Gasteiger partial charge in [-0.3, -0.25) is 4.79 Å². The topological polar surface area (TPSA) is 84.9 Å². The average molecular weight is 397 g/mol. The van der Waals surface area contributed by atoms with Gasteiger partial charge in [-0.2, -0.15) is 0 Å². The molecule has 0 aliphatic carbocycles. The third kappa shape index (κ3) is 4.55. The maximum atomic E-state index is 12.9. The monoisotopic (exact) mass is 396 g/mol. The molecule has 3 rings (SSSR count). The van der Waals surface area contributed by atoms with E-state index in [0.29, 0.717) is 31.6 Å². The summed E-state index contributed by atoms with van der Waals surface area (Å²) in [6.45, 7) is 4.70. The molecule has 1 N–H and O–H groups in total. The van der Waals surface area contributed by atoms with Crippen molar-refractivity contribution in [3.05, 3.63) is 23.8 Å². The number of benzene rings is 1. The zero-order chi connectivity index (χ0) is 19.8. The van der Waals surface area contributed by atoms with Crippen LogP contribution >= 0.6 is 0 Å². The fraction of sp³-hybridized carbons (Fsp3) is 0.632. The van der Waals surface area contributed by atoms with Crippen molar-refractivity contribution in [2.45, 2.75) is 44.8 Å². The van der Waals surface area contributed by atoms with E-state index in [0.717, 1.165) is 11.3 Å². The molecule has 1 amide bonds. The van der Waals surface area contributed by atoms with Crippen LogP contribution in [0.5, 0.6) is 11.5 Å². The Hall–Kier alpha value is -1.80. The van der Waals surface area contributed by atoms with Crippen LogP contribution in [0.4, 0.5) is 0 Å². The fourth-order valence-corrected chi connectivity index (χ4v) is 4.75. The van der Waals surface area contributed by atoms with E-state index >= 15 is 0 Å². The van der Waals surface area contributed by atoms with Gasteiger partial charge >= 0.3 is 0 Å². The van der Waals surface area contributed by atoms with Gasteiger partial charge in [0.1, 0.15) is 17.1 Å². The third-order valence-corrected chi connectivity index (χ3v) is 6.48. The molecule has 8 heteroatoms. The first-order valence-electron chi connectivity index (χ1n) is 9.21. The Kier molecular flexibility index (Phi) is 5.40. The summed E-state index contributed by atoms with van der Waals surface area (Å²) in [6.07, 6.45) is 3.20. The first-order chi connectivity index (χ1) is 12.6. The predicted octanol–water partition coefficient (Wildman–Crippen LogP) is 2.09. The van der Waals surface area contributed by atoms with Crippen LogP contribution in [0.15, 0.2) is 18.2 Å². The van der Waals surface area contributed by atoms with Crippen molar-refractivity contribution < 1.29 is 22.7 Å². The number of rotatable bonds is 4. The number of methoxy groups -OCH3 is 1. The Bertz CT molecular complexity index is 821. The molecule has 7 nitrogen and oxygen atoms in total. The molecular weight excluding hydrogens is 368 g/mol. The molecule has 2 aliphatic heterocycles. The third-order valence-electron chi connectivity index (χ3n) is 5.21. The largest absolute Gasteiger partial charge is 0.497 e. The molecule has 0 radical (unpaired) electrons. The normalized spacial score (nSPS) is 25.2. The summed E-state index contributed by atoms with van der Waals surface area (Å²) >= 11 is 0. The Morgan fingerprint density at radius 3 is 2.78 bits per heavy atom. The number of carbonyl (C=O) groups is 1. The van der Waals surface area contributed by atoms with Gasteiger partial charge in [0.2, 0.25) is 15.9 Å². The number of ether oxygens (including phenoxy) is 2. The first-order valence-corrected chi connectivity index (χ1v) is 11.1. The van der Waals surface area contributed by atoms with Gasteiger partial charge in [0.05, 0.1) is 25.3 Å². The van der Waals surface area contributed by atoms with Gasteiger partial charge in [0, 0.05) is 25.1 Å². The molecule has 150 valence electrons. The summed E-state index contributed by atoms with van der Waals surface area (Å²) in [5, 5.41) is 3.13. The minimum absolute atomic E-state index is 0.111. The van der Waals surface area contributed by atoms with Crippen molar-refractivity contribution in [2.75, 3.05) is 26.5 Å². The number of fused-ring (bicyclic) bond motifs is 1. The molecule has 0 saturated carbocycles. The van der Waals surface area contributed by atoms with Crippen LogP contribution in [0, 0.1) is 5.92 Å². The van der Waals surface area contributed by atoms with Crippen molar-refractivity contribution in [1.29, 1.82) is 0 Å². The Balaban J connectivity index is 1.79. The van der Waals surface area contributed by atoms with Crippen LogP contribution in [0.1, 0.15) is 44.7 Å². The summed E-state index contributed by atoms with van der Waals surface area (Å²) in [5.74, 6) is 0.990. The van der Waals surface area contributed by atoms with Crippen molar-refractivity contribution in [1.82, 2.24) is 9.62 Å². The quantitative estimate of drug-likeness (QED) is 0.842. The van der Waals surface area contributed by atoms with Crippen molar-refractivity contribution in [3.8, 4) is 11.5 Å². The first kappa shape index (κ1) is 19.9. The van der Waals surface area contributed by atoms with Gasteiger partial charge in [-0.25, -0.2) is 12.7 Å². The number of carbonyl (C=O) groups excluding carboxylic acids is 1. The molecule has 27 heavy (non-hydrogen) atoms. The van der Waals surface area contributed by atoms with Gasteiger partial charge in [-0.05, 0) is 44.9 Å². The van der Waals surface area contributed by atoms with E-state index in [9.17, 15) is 13.2 Å². The number of amides is 1. The maximum absolute atomic E-state index is 12.9. The van der Waals surface area contributed by atoms with E-state index in [1.54, 1.807) is 7.11 Å². The number of nitrogens with one attached hydrogen (secondary N) is 1. The maximum Gasteiger partial charge on any atom is 0.224 e. The Morgan fingerprint density at radius 2 is 2.11 bits per heavy atom. The smallest absolute Gasteiger partial charge is 0.224 e. The molecule has 0 spiro atoms. The van der Waals surface area contributed by atoms with Crippen LogP contribution < -0.4 is 14.8 Å². The number of sulfonamides is 1. The molecule has 1 saturated heterocycles. The zero-order valence-corrected chi connectivity index (χ0v) is 17.1. The number of hydrogen-bond donors (Lipinski definition) is 1. The van der Waals surface area contributed by atoms with Crippen LogP contribution in [0.3, 0.4) is 0 Å². The highest BCUT2D eigenvalue weighted by atomic mass is 32.2. The van der Waals surface area contributed by atoms with Crippen molar-refractivity contribution in [2.24, 2.45) is 5.92 Å². The van der Waals surface area contributed by atoms with Crippen molar-refractivity contribution in [3.63, 3.8) is 0 Å². The second-order valence-corrected chi connectivity index (χ2v) is 9.97. The SMILES string of the molecule is COc1ccc2c(c1)C(NC(=O)C1CCCN(S(C)(=O)=O)C1)CC(C)(C)O2. The summed E-state index contributed by atoms with van der Waals surface area (Å²) in [7, 11) is -1.68. The molecule has 2 heterocycles. The van der Waals surface area contributed by atoms with Crippen LogP contribution in [-0.4, -0.2) is 50.7 Å². The minimum atomic E-state index is -3.28. The van der Waals surface area contributed by atoms with E-state index < -0.39 is 15.6 Å². The minimum Gasteiger partial charge on any atom is -0.497 e. The highest BCUT2D eigenvalue weighted by Crippen LogP contribution is 2.41. The second kappa shape index (κ2) is 7.31. The fourth-order valence-electron chi connectivity index (χ4n) is 3.84. The lowest BCUT2D eigenvalue weighted by atomic mass is 9.88. The molecule has 0 bridgehead atoms. The van der Waals surface area contributed by atoms with E-state index in [-0.39, 0.29) is 24.4 Å². The molecule has 1 fully saturated rings. The predicted molar refractivity (Wildman–Crippen MR) is 102 cm³/mol. The standard InChI is InChI=1S/C19H28N2O5S/c1-19(2)11-16(15-10-14(25-3)7-8-17(15)26-19)20-18(22)13-6-5-9-21(12-13)27(4,23)24/h7-8,10,13,16H,5-6,9,11-12H2,1-4H3,(H,20,22). The highest BCUT2D eigenvalue weighted by Gasteiger charge is 2.37.